The van der Waals surface area contributed by atoms with E-state index in [9.17, 15) is 4.79 Å². The molecule has 0 saturated carbocycles. The van der Waals surface area contributed by atoms with Gasteiger partial charge < -0.3 is 15.4 Å². The SMILES string of the molecule is COc1cccc(CCNC(=O)Nc2ccccc2C)c1. The topological polar surface area (TPSA) is 50.4 Å². The summed E-state index contributed by atoms with van der Waals surface area (Å²) in [6.45, 7) is 2.54. The highest BCUT2D eigenvalue weighted by atomic mass is 16.5. The number of amides is 2. The summed E-state index contributed by atoms with van der Waals surface area (Å²) in [6, 6.07) is 15.4. The average molecular weight is 284 g/mol. The number of benzene rings is 2. The molecule has 0 fully saturated rings. The molecule has 2 amide bonds. The molecule has 2 aromatic rings. The monoisotopic (exact) mass is 284 g/mol. The van der Waals surface area contributed by atoms with Crippen molar-refractivity contribution in [2.45, 2.75) is 13.3 Å². The van der Waals surface area contributed by atoms with E-state index in [1.165, 1.54) is 0 Å². The summed E-state index contributed by atoms with van der Waals surface area (Å²) >= 11 is 0. The maximum Gasteiger partial charge on any atom is 0.319 e. The Bertz CT molecular complexity index is 611. The van der Waals surface area contributed by atoms with E-state index in [-0.39, 0.29) is 6.03 Å². The molecule has 0 aliphatic heterocycles. The second-order valence-corrected chi connectivity index (χ2v) is 4.80. The van der Waals surface area contributed by atoms with Gasteiger partial charge in [-0.2, -0.15) is 0 Å². The third-order valence-corrected chi connectivity index (χ3v) is 3.23. The molecule has 0 saturated heterocycles. The van der Waals surface area contributed by atoms with Crippen LogP contribution in [0.15, 0.2) is 48.5 Å². The molecule has 0 aromatic heterocycles. The smallest absolute Gasteiger partial charge is 0.319 e. The number of carbonyl (C=O) groups excluding carboxylic acids is 1. The lowest BCUT2D eigenvalue weighted by Gasteiger charge is -2.10. The van der Waals surface area contributed by atoms with Gasteiger partial charge in [0.2, 0.25) is 0 Å². The third-order valence-electron chi connectivity index (χ3n) is 3.23. The van der Waals surface area contributed by atoms with Crippen LogP contribution in [0.5, 0.6) is 5.75 Å². The van der Waals surface area contributed by atoms with E-state index in [2.05, 4.69) is 10.6 Å². The van der Waals surface area contributed by atoms with Crippen molar-refractivity contribution in [1.82, 2.24) is 5.32 Å². The first-order valence-corrected chi connectivity index (χ1v) is 6.92. The molecule has 0 radical (unpaired) electrons. The van der Waals surface area contributed by atoms with E-state index in [1.807, 2.05) is 55.5 Å². The van der Waals surface area contributed by atoms with Crippen molar-refractivity contribution in [3.63, 3.8) is 0 Å². The minimum Gasteiger partial charge on any atom is -0.497 e. The first-order chi connectivity index (χ1) is 10.2. The molecule has 0 atom stereocenters. The van der Waals surface area contributed by atoms with Gasteiger partial charge >= 0.3 is 6.03 Å². The zero-order valence-corrected chi connectivity index (χ0v) is 12.3. The van der Waals surface area contributed by atoms with E-state index in [4.69, 9.17) is 4.74 Å². The van der Waals surface area contributed by atoms with Crippen LogP contribution in [-0.4, -0.2) is 19.7 Å². The van der Waals surface area contributed by atoms with Crippen molar-refractivity contribution in [2.24, 2.45) is 0 Å². The number of para-hydroxylation sites is 1. The molecule has 2 aromatic carbocycles. The minimum atomic E-state index is -0.188. The van der Waals surface area contributed by atoms with Gasteiger partial charge in [0.05, 0.1) is 7.11 Å². The molecule has 4 nitrogen and oxygen atoms in total. The second kappa shape index (κ2) is 7.33. The summed E-state index contributed by atoms with van der Waals surface area (Å²) in [5, 5.41) is 5.70. The average Bonchev–Trinajstić information content (AvgIpc) is 2.50. The number of hydrogen-bond acceptors (Lipinski definition) is 2. The number of hydrogen-bond donors (Lipinski definition) is 2. The van der Waals surface area contributed by atoms with Crippen LogP contribution in [0.3, 0.4) is 0 Å². The van der Waals surface area contributed by atoms with Crippen LogP contribution in [0.2, 0.25) is 0 Å². The lowest BCUT2D eigenvalue weighted by atomic mass is 10.1. The normalized spacial score (nSPS) is 10.0. The lowest BCUT2D eigenvalue weighted by Crippen LogP contribution is -2.30. The zero-order chi connectivity index (χ0) is 15.1. The second-order valence-electron chi connectivity index (χ2n) is 4.80. The molecule has 2 rings (SSSR count). The van der Waals surface area contributed by atoms with Crippen molar-refractivity contribution in [3.05, 3.63) is 59.7 Å². The molecule has 21 heavy (non-hydrogen) atoms. The molecule has 2 N–H and O–H groups in total. The molecule has 0 bridgehead atoms. The van der Waals surface area contributed by atoms with Gasteiger partial charge in [0.25, 0.3) is 0 Å². The Morgan fingerprint density at radius 2 is 1.95 bits per heavy atom. The summed E-state index contributed by atoms with van der Waals surface area (Å²) in [5.41, 5.74) is 3.00. The van der Waals surface area contributed by atoms with Crippen LogP contribution in [0, 0.1) is 6.92 Å². The van der Waals surface area contributed by atoms with Crippen LogP contribution < -0.4 is 15.4 Å². The predicted molar refractivity (Wildman–Crippen MR) is 84.9 cm³/mol. The van der Waals surface area contributed by atoms with E-state index < -0.39 is 0 Å². The summed E-state index contributed by atoms with van der Waals surface area (Å²) in [6.07, 6.45) is 0.762. The van der Waals surface area contributed by atoms with E-state index in [1.54, 1.807) is 7.11 Å². The van der Waals surface area contributed by atoms with Crippen molar-refractivity contribution in [3.8, 4) is 5.75 Å². The van der Waals surface area contributed by atoms with Gasteiger partial charge in [-0.3, -0.25) is 0 Å². The molecule has 0 unspecified atom stereocenters. The molecular formula is C17H20N2O2. The number of anilines is 1. The largest absolute Gasteiger partial charge is 0.497 e. The minimum absolute atomic E-state index is 0.188. The standard InChI is InChI=1S/C17H20N2O2/c1-13-6-3-4-9-16(13)19-17(20)18-11-10-14-7-5-8-15(12-14)21-2/h3-9,12H,10-11H2,1-2H3,(H2,18,19,20). The zero-order valence-electron chi connectivity index (χ0n) is 12.3. The van der Waals surface area contributed by atoms with Crippen molar-refractivity contribution in [2.75, 3.05) is 19.0 Å². The highest BCUT2D eigenvalue weighted by Crippen LogP contribution is 2.13. The first kappa shape index (κ1) is 14.9. The Labute approximate surface area is 125 Å². The number of methoxy groups -OCH3 is 1. The summed E-state index contributed by atoms with van der Waals surface area (Å²) in [5.74, 6) is 0.830. The van der Waals surface area contributed by atoms with Crippen LogP contribution in [0.4, 0.5) is 10.5 Å². The Morgan fingerprint density at radius 3 is 2.71 bits per heavy atom. The molecule has 0 spiro atoms. The predicted octanol–water partition coefficient (Wildman–Crippen LogP) is 3.37. The highest BCUT2D eigenvalue weighted by Gasteiger charge is 2.03. The Morgan fingerprint density at radius 1 is 1.14 bits per heavy atom. The fourth-order valence-corrected chi connectivity index (χ4v) is 2.03. The highest BCUT2D eigenvalue weighted by molar-refractivity contribution is 5.89. The number of ether oxygens (including phenoxy) is 1. The number of aryl methyl sites for hydroxylation is 1. The summed E-state index contributed by atoms with van der Waals surface area (Å²) in [4.78, 5) is 11.8. The van der Waals surface area contributed by atoms with Gasteiger partial charge in [0.1, 0.15) is 5.75 Å². The maximum absolute atomic E-state index is 11.8. The molecule has 110 valence electrons. The quantitative estimate of drug-likeness (QED) is 0.884. The fourth-order valence-electron chi connectivity index (χ4n) is 2.03. The van der Waals surface area contributed by atoms with E-state index >= 15 is 0 Å². The Hall–Kier alpha value is -2.49. The van der Waals surface area contributed by atoms with Gasteiger partial charge in [0, 0.05) is 12.2 Å². The molecule has 4 heteroatoms. The third kappa shape index (κ3) is 4.53. The van der Waals surface area contributed by atoms with Crippen molar-refractivity contribution >= 4 is 11.7 Å². The Balaban J connectivity index is 1.80. The van der Waals surface area contributed by atoms with Gasteiger partial charge in [-0.15, -0.1) is 0 Å². The van der Waals surface area contributed by atoms with Crippen LogP contribution >= 0.6 is 0 Å². The van der Waals surface area contributed by atoms with Gasteiger partial charge in [0.15, 0.2) is 0 Å². The van der Waals surface area contributed by atoms with E-state index in [0.29, 0.717) is 6.54 Å². The Kier molecular flexibility index (Phi) is 5.21. The number of nitrogens with one attached hydrogen (secondary N) is 2. The van der Waals surface area contributed by atoms with Gasteiger partial charge in [-0.05, 0) is 42.7 Å². The fraction of sp³-hybridized carbons (Fsp3) is 0.235. The van der Waals surface area contributed by atoms with Crippen LogP contribution in [-0.2, 0) is 6.42 Å². The van der Waals surface area contributed by atoms with Crippen LogP contribution in [0.25, 0.3) is 0 Å². The van der Waals surface area contributed by atoms with Gasteiger partial charge in [-0.1, -0.05) is 30.3 Å². The molecule has 0 aliphatic carbocycles. The lowest BCUT2D eigenvalue weighted by molar-refractivity contribution is 0.252. The maximum atomic E-state index is 11.8. The van der Waals surface area contributed by atoms with Crippen molar-refractivity contribution < 1.29 is 9.53 Å². The summed E-state index contributed by atoms with van der Waals surface area (Å²) in [7, 11) is 1.65. The van der Waals surface area contributed by atoms with Crippen LogP contribution in [0.1, 0.15) is 11.1 Å². The number of rotatable bonds is 5. The number of urea groups is 1. The first-order valence-electron chi connectivity index (χ1n) is 6.92. The van der Waals surface area contributed by atoms with E-state index in [0.717, 1.165) is 29.0 Å². The molecule has 0 heterocycles. The van der Waals surface area contributed by atoms with Gasteiger partial charge in [-0.25, -0.2) is 4.79 Å². The number of carbonyl (C=O) groups is 1. The molecular weight excluding hydrogens is 264 g/mol. The summed E-state index contributed by atoms with van der Waals surface area (Å²) < 4.78 is 5.17. The van der Waals surface area contributed by atoms with Crippen molar-refractivity contribution in [1.29, 1.82) is 0 Å². The molecule has 0 aliphatic rings.